The molecule has 0 unspecified atom stereocenters. The topological polar surface area (TPSA) is 52.6 Å². The maximum Gasteiger partial charge on any atom is 0.355 e. The first-order chi connectivity index (χ1) is 9.78. The summed E-state index contributed by atoms with van der Waals surface area (Å²) in [6.45, 7) is 16.8. The highest BCUT2D eigenvalue weighted by Gasteiger charge is 2.21. The number of rotatable bonds is 6. The Morgan fingerprint density at radius 2 is 1.00 bits per heavy atom. The molecule has 0 fully saturated rings. The fourth-order valence-electron chi connectivity index (χ4n) is 2.97. The predicted molar refractivity (Wildman–Crippen MR) is 87.9 cm³/mol. The van der Waals surface area contributed by atoms with Gasteiger partial charge in [0, 0.05) is 0 Å². The molecule has 4 nitrogen and oxygen atoms in total. The highest BCUT2D eigenvalue weighted by molar-refractivity contribution is 5.73. The van der Waals surface area contributed by atoms with Crippen molar-refractivity contribution in [2.75, 3.05) is 0 Å². The maximum atomic E-state index is 11.7. The van der Waals surface area contributed by atoms with Crippen LogP contribution in [-0.4, -0.2) is 11.9 Å². The summed E-state index contributed by atoms with van der Waals surface area (Å²) in [6, 6.07) is 0. The lowest BCUT2D eigenvalue weighted by atomic mass is 9.84. The van der Waals surface area contributed by atoms with Crippen molar-refractivity contribution >= 4 is 11.9 Å². The minimum absolute atomic E-state index is 0.165. The first-order valence-electron chi connectivity index (χ1n) is 8.19. The van der Waals surface area contributed by atoms with E-state index in [0.29, 0.717) is 0 Å². The van der Waals surface area contributed by atoms with Crippen LogP contribution in [0.4, 0.5) is 0 Å². The summed E-state index contributed by atoms with van der Waals surface area (Å²) in [4.78, 5) is 32.6. The molecule has 0 amide bonds. The third kappa shape index (κ3) is 12.7. The van der Waals surface area contributed by atoms with E-state index < -0.39 is 11.9 Å². The van der Waals surface area contributed by atoms with Gasteiger partial charge in [0.1, 0.15) is 0 Å². The first-order valence-corrected chi connectivity index (χ1v) is 8.19. The molecular formula is C18H34O4. The Bertz CT molecular complexity index is 324. The molecule has 0 N–H and O–H groups in total. The van der Waals surface area contributed by atoms with Crippen LogP contribution >= 0.6 is 0 Å². The van der Waals surface area contributed by atoms with Crippen molar-refractivity contribution in [1.82, 2.24) is 0 Å². The second-order valence-electron chi connectivity index (χ2n) is 9.06. The van der Waals surface area contributed by atoms with Crippen LogP contribution in [0.3, 0.4) is 0 Å². The lowest BCUT2D eigenvalue weighted by Crippen LogP contribution is -2.19. The van der Waals surface area contributed by atoms with Crippen LogP contribution in [0.5, 0.6) is 0 Å². The third-order valence-electron chi connectivity index (χ3n) is 3.18. The maximum absolute atomic E-state index is 11.7. The van der Waals surface area contributed by atoms with Crippen LogP contribution < -0.4 is 0 Å². The van der Waals surface area contributed by atoms with Gasteiger partial charge in [0.05, 0.1) is 12.8 Å². The zero-order valence-corrected chi connectivity index (χ0v) is 15.6. The average Bonchev–Trinajstić information content (AvgIpc) is 2.20. The fraction of sp³-hybridized carbons (Fsp3) is 0.889. The van der Waals surface area contributed by atoms with Gasteiger partial charge in [0.2, 0.25) is 0 Å². The van der Waals surface area contributed by atoms with E-state index in [-0.39, 0.29) is 35.5 Å². The molecule has 0 saturated carbocycles. The summed E-state index contributed by atoms with van der Waals surface area (Å²) < 4.78 is 0. The van der Waals surface area contributed by atoms with Crippen molar-refractivity contribution in [2.24, 2.45) is 22.7 Å². The second kappa shape index (κ2) is 8.54. The van der Waals surface area contributed by atoms with Crippen LogP contribution in [-0.2, 0) is 19.4 Å². The number of carbonyl (C=O) groups excluding carboxylic acids is 2. The SMILES string of the molecule is C[C@H](CC(=O)OOC(=O)C[C@H](C)CC(C)(C)C)CC(C)(C)C. The quantitative estimate of drug-likeness (QED) is 0.516. The molecule has 0 rings (SSSR count). The normalized spacial score (nSPS) is 15.1. The van der Waals surface area contributed by atoms with E-state index in [4.69, 9.17) is 0 Å². The van der Waals surface area contributed by atoms with E-state index in [1.807, 2.05) is 13.8 Å². The lowest BCUT2D eigenvalue weighted by molar-refractivity contribution is -0.260. The van der Waals surface area contributed by atoms with Gasteiger partial charge in [-0.3, -0.25) is 0 Å². The van der Waals surface area contributed by atoms with Crippen LogP contribution in [0.25, 0.3) is 0 Å². The highest BCUT2D eigenvalue weighted by atomic mass is 17.2. The molecule has 0 aliphatic heterocycles. The monoisotopic (exact) mass is 314 g/mol. The summed E-state index contributed by atoms with van der Waals surface area (Å²) in [6.07, 6.45) is 2.36. The van der Waals surface area contributed by atoms with Gasteiger partial charge in [-0.1, -0.05) is 55.4 Å². The Balaban J connectivity index is 4.02. The Labute approximate surface area is 135 Å². The van der Waals surface area contributed by atoms with E-state index in [9.17, 15) is 9.59 Å². The Hall–Kier alpha value is -1.06. The molecular weight excluding hydrogens is 280 g/mol. The molecule has 22 heavy (non-hydrogen) atoms. The van der Waals surface area contributed by atoms with Crippen LogP contribution in [0.15, 0.2) is 0 Å². The lowest BCUT2D eigenvalue weighted by Gasteiger charge is -2.22. The van der Waals surface area contributed by atoms with Gasteiger partial charge >= 0.3 is 11.9 Å². The molecule has 0 aliphatic carbocycles. The van der Waals surface area contributed by atoms with Gasteiger partial charge in [0.15, 0.2) is 0 Å². The number of hydrogen-bond donors (Lipinski definition) is 0. The van der Waals surface area contributed by atoms with Gasteiger partial charge in [-0.15, -0.1) is 0 Å². The molecule has 0 aliphatic rings. The van der Waals surface area contributed by atoms with Gasteiger partial charge in [0.25, 0.3) is 0 Å². The molecule has 0 aromatic heterocycles. The molecule has 0 saturated heterocycles. The molecule has 0 spiro atoms. The first kappa shape index (κ1) is 20.9. The molecule has 0 bridgehead atoms. The van der Waals surface area contributed by atoms with E-state index in [2.05, 4.69) is 51.3 Å². The van der Waals surface area contributed by atoms with Crippen molar-refractivity contribution < 1.29 is 19.4 Å². The molecule has 2 atom stereocenters. The summed E-state index contributed by atoms with van der Waals surface area (Å²) in [5, 5.41) is 0. The van der Waals surface area contributed by atoms with Crippen LogP contribution in [0, 0.1) is 22.7 Å². The molecule has 0 aromatic rings. The summed E-state index contributed by atoms with van der Waals surface area (Å²) in [7, 11) is 0. The smallest absolute Gasteiger partial charge is 0.247 e. The Kier molecular flexibility index (Phi) is 8.13. The summed E-state index contributed by atoms with van der Waals surface area (Å²) in [5.74, 6) is -0.556. The average molecular weight is 314 g/mol. The van der Waals surface area contributed by atoms with Crippen molar-refractivity contribution in [3.8, 4) is 0 Å². The molecule has 0 aromatic carbocycles. The van der Waals surface area contributed by atoms with Crippen molar-refractivity contribution in [3.05, 3.63) is 0 Å². The fourth-order valence-corrected chi connectivity index (χ4v) is 2.97. The van der Waals surface area contributed by atoms with Gasteiger partial charge in [-0.2, -0.15) is 0 Å². The van der Waals surface area contributed by atoms with E-state index in [1.54, 1.807) is 0 Å². The van der Waals surface area contributed by atoms with Crippen molar-refractivity contribution in [1.29, 1.82) is 0 Å². The van der Waals surface area contributed by atoms with Crippen LogP contribution in [0.2, 0.25) is 0 Å². The molecule has 130 valence electrons. The zero-order chi connectivity index (χ0) is 17.6. The highest BCUT2D eigenvalue weighted by Crippen LogP contribution is 2.27. The predicted octanol–water partition coefficient (Wildman–Crippen LogP) is 4.91. The second-order valence-corrected chi connectivity index (χ2v) is 9.06. The van der Waals surface area contributed by atoms with E-state index in [0.717, 1.165) is 12.8 Å². The third-order valence-corrected chi connectivity index (χ3v) is 3.18. The standard InChI is InChI=1S/C18H34O4/c1-13(11-17(3,4)5)9-15(19)21-22-16(20)10-14(2)12-18(6,7)8/h13-14H,9-12H2,1-8H3/t13-,14+. The zero-order valence-electron chi connectivity index (χ0n) is 15.6. The minimum Gasteiger partial charge on any atom is -0.247 e. The van der Waals surface area contributed by atoms with Gasteiger partial charge < -0.3 is 0 Å². The Morgan fingerprint density at radius 1 is 0.727 bits per heavy atom. The summed E-state index contributed by atoms with van der Waals surface area (Å²) >= 11 is 0. The van der Waals surface area contributed by atoms with Crippen LogP contribution in [0.1, 0.15) is 81.1 Å². The molecule has 0 radical (unpaired) electrons. The largest absolute Gasteiger partial charge is 0.355 e. The summed E-state index contributed by atoms with van der Waals surface area (Å²) in [5.41, 5.74) is 0.331. The van der Waals surface area contributed by atoms with Gasteiger partial charge in [-0.25, -0.2) is 19.4 Å². The molecule has 4 heteroatoms. The Morgan fingerprint density at radius 3 is 1.23 bits per heavy atom. The van der Waals surface area contributed by atoms with Crippen molar-refractivity contribution in [2.45, 2.75) is 81.1 Å². The van der Waals surface area contributed by atoms with E-state index >= 15 is 0 Å². The number of carbonyl (C=O) groups is 2. The van der Waals surface area contributed by atoms with Crippen molar-refractivity contribution in [3.63, 3.8) is 0 Å². The molecule has 0 heterocycles. The number of hydrogen-bond acceptors (Lipinski definition) is 4. The van der Waals surface area contributed by atoms with Gasteiger partial charge in [-0.05, 0) is 35.5 Å². The van der Waals surface area contributed by atoms with E-state index in [1.165, 1.54) is 0 Å². The minimum atomic E-state index is -0.478.